The van der Waals surface area contributed by atoms with Crippen molar-refractivity contribution < 1.29 is 27.5 Å². The Morgan fingerprint density at radius 3 is 2.33 bits per heavy atom. The molecular formula is C21H22N2O6S. The minimum absolute atomic E-state index is 0.0367. The maximum absolute atomic E-state index is 13.0. The zero-order chi connectivity index (χ0) is 21.9. The summed E-state index contributed by atoms with van der Waals surface area (Å²) in [5.74, 6) is -1.71. The van der Waals surface area contributed by atoms with Gasteiger partial charge in [-0.2, -0.15) is 0 Å². The van der Waals surface area contributed by atoms with E-state index in [2.05, 4.69) is 5.32 Å². The number of rotatable bonds is 6. The molecule has 0 bridgehead atoms. The third-order valence-electron chi connectivity index (χ3n) is 4.70. The maximum atomic E-state index is 13.0. The average molecular weight is 430 g/mol. The highest BCUT2D eigenvalue weighted by atomic mass is 32.2. The van der Waals surface area contributed by atoms with Gasteiger partial charge >= 0.3 is 5.97 Å². The molecule has 2 aromatic rings. The van der Waals surface area contributed by atoms with E-state index in [0.29, 0.717) is 15.6 Å². The number of carbonyl (C=O) groups is 3. The van der Waals surface area contributed by atoms with Crippen molar-refractivity contribution in [3.05, 3.63) is 59.7 Å². The SMILES string of the molecule is CCOC(=O)c1ccc(NC(=O)[C@H]2CCC(=O)N2S(=O)(=O)c2ccc(C)cc2)cc1. The molecule has 0 unspecified atom stereocenters. The Labute approximate surface area is 174 Å². The van der Waals surface area contributed by atoms with E-state index in [1.165, 1.54) is 36.4 Å². The van der Waals surface area contributed by atoms with Crippen LogP contribution in [0.1, 0.15) is 35.7 Å². The lowest BCUT2D eigenvalue weighted by Crippen LogP contribution is -2.45. The first-order chi connectivity index (χ1) is 14.2. The van der Waals surface area contributed by atoms with E-state index in [4.69, 9.17) is 4.74 Å². The number of amides is 2. The first-order valence-electron chi connectivity index (χ1n) is 9.46. The van der Waals surface area contributed by atoms with Gasteiger partial charge in [-0.1, -0.05) is 17.7 Å². The Balaban J connectivity index is 1.79. The summed E-state index contributed by atoms with van der Waals surface area (Å²) in [6.45, 7) is 3.77. The van der Waals surface area contributed by atoms with Crippen LogP contribution in [0.25, 0.3) is 0 Å². The number of benzene rings is 2. The normalized spacial score (nSPS) is 16.4. The molecule has 2 amide bonds. The molecule has 1 aliphatic heterocycles. The van der Waals surface area contributed by atoms with Crippen LogP contribution in [-0.4, -0.2) is 43.2 Å². The highest BCUT2D eigenvalue weighted by Crippen LogP contribution is 2.28. The number of anilines is 1. The quantitative estimate of drug-likeness (QED) is 0.705. The minimum Gasteiger partial charge on any atom is -0.462 e. The van der Waals surface area contributed by atoms with E-state index in [9.17, 15) is 22.8 Å². The summed E-state index contributed by atoms with van der Waals surface area (Å²) in [7, 11) is -4.15. The van der Waals surface area contributed by atoms with Gasteiger partial charge in [-0.3, -0.25) is 9.59 Å². The maximum Gasteiger partial charge on any atom is 0.338 e. The molecule has 8 nitrogen and oxygen atoms in total. The molecule has 1 atom stereocenters. The van der Waals surface area contributed by atoms with Gasteiger partial charge < -0.3 is 10.1 Å². The standard InChI is InChI=1S/C21H22N2O6S/c1-3-29-21(26)15-6-8-16(9-7-15)22-20(25)18-12-13-19(24)23(18)30(27,28)17-10-4-14(2)5-11-17/h4-11,18H,3,12-13H2,1-2H3,(H,22,25)/t18-/m1/s1. The molecule has 2 aromatic carbocycles. The third kappa shape index (κ3) is 4.35. The molecule has 1 N–H and O–H groups in total. The summed E-state index contributed by atoms with van der Waals surface area (Å²) >= 11 is 0. The number of carbonyl (C=O) groups excluding carboxylic acids is 3. The Morgan fingerprint density at radius 1 is 1.10 bits per heavy atom. The molecule has 0 spiro atoms. The van der Waals surface area contributed by atoms with Crippen molar-refractivity contribution >= 4 is 33.5 Å². The molecule has 3 rings (SSSR count). The Hall–Kier alpha value is -3.20. The van der Waals surface area contributed by atoms with E-state index >= 15 is 0 Å². The van der Waals surface area contributed by atoms with E-state index in [1.807, 2.05) is 6.92 Å². The molecule has 0 aliphatic carbocycles. The fourth-order valence-corrected chi connectivity index (χ4v) is 4.76. The summed E-state index contributed by atoms with van der Waals surface area (Å²) in [4.78, 5) is 36.8. The van der Waals surface area contributed by atoms with Gasteiger partial charge in [0.1, 0.15) is 6.04 Å². The highest BCUT2D eigenvalue weighted by Gasteiger charge is 2.44. The Kier molecular flexibility index (Phi) is 6.21. The second-order valence-corrected chi connectivity index (χ2v) is 8.66. The molecule has 0 radical (unpaired) electrons. The third-order valence-corrected chi connectivity index (χ3v) is 6.55. The lowest BCUT2D eigenvalue weighted by Gasteiger charge is -2.23. The monoisotopic (exact) mass is 430 g/mol. The van der Waals surface area contributed by atoms with E-state index in [1.54, 1.807) is 19.1 Å². The van der Waals surface area contributed by atoms with Crippen LogP contribution in [0.15, 0.2) is 53.4 Å². The van der Waals surface area contributed by atoms with Crippen LogP contribution >= 0.6 is 0 Å². The minimum atomic E-state index is -4.15. The van der Waals surface area contributed by atoms with Crippen molar-refractivity contribution in [2.24, 2.45) is 0 Å². The summed E-state index contributed by atoms with van der Waals surface area (Å²) < 4.78 is 31.5. The van der Waals surface area contributed by atoms with Crippen LogP contribution in [0.5, 0.6) is 0 Å². The van der Waals surface area contributed by atoms with Crippen LogP contribution in [-0.2, 0) is 24.3 Å². The molecular weight excluding hydrogens is 408 g/mol. The number of aryl methyl sites for hydroxylation is 1. The Bertz CT molecular complexity index is 1060. The van der Waals surface area contributed by atoms with E-state index in [0.717, 1.165) is 5.56 Å². The van der Waals surface area contributed by atoms with Gasteiger partial charge in [0.05, 0.1) is 17.1 Å². The van der Waals surface area contributed by atoms with Gasteiger partial charge in [0.2, 0.25) is 11.8 Å². The number of hydrogen-bond donors (Lipinski definition) is 1. The first-order valence-corrected chi connectivity index (χ1v) is 10.9. The Morgan fingerprint density at radius 2 is 1.73 bits per heavy atom. The van der Waals surface area contributed by atoms with Gasteiger partial charge in [-0.15, -0.1) is 0 Å². The van der Waals surface area contributed by atoms with Gasteiger partial charge in [0.15, 0.2) is 0 Å². The molecule has 1 heterocycles. The highest BCUT2D eigenvalue weighted by molar-refractivity contribution is 7.89. The summed E-state index contributed by atoms with van der Waals surface area (Å²) in [6.07, 6.45) is 0.0572. The second kappa shape index (κ2) is 8.66. The zero-order valence-corrected chi connectivity index (χ0v) is 17.4. The first kappa shape index (κ1) is 21.5. The van der Waals surface area contributed by atoms with Crippen LogP contribution in [0.4, 0.5) is 5.69 Å². The molecule has 158 valence electrons. The fraction of sp³-hybridized carbons (Fsp3) is 0.286. The van der Waals surface area contributed by atoms with Crippen molar-refractivity contribution in [1.29, 1.82) is 0 Å². The summed E-state index contributed by atoms with van der Waals surface area (Å²) in [5.41, 5.74) is 1.58. The molecule has 0 aromatic heterocycles. The van der Waals surface area contributed by atoms with Crippen LogP contribution in [0.2, 0.25) is 0 Å². The molecule has 1 fully saturated rings. The molecule has 0 saturated carbocycles. The largest absolute Gasteiger partial charge is 0.462 e. The number of hydrogen-bond acceptors (Lipinski definition) is 6. The number of sulfonamides is 1. The van der Waals surface area contributed by atoms with Gasteiger partial charge in [-0.25, -0.2) is 17.5 Å². The number of ether oxygens (including phenoxy) is 1. The smallest absolute Gasteiger partial charge is 0.338 e. The summed E-state index contributed by atoms with van der Waals surface area (Å²) in [6, 6.07) is 11.0. The lowest BCUT2D eigenvalue weighted by atomic mass is 10.2. The topological polar surface area (TPSA) is 110 Å². The molecule has 1 saturated heterocycles. The van der Waals surface area contributed by atoms with Gasteiger partial charge in [-0.05, 0) is 56.7 Å². The number of nitrogens with one attached hydrogen (secondary N) is 1. The van der Waals surface area contributed by atoms with Gasteiger partial charge in [0, 0.05) is 12.1 Å². The summed E-state index contributed by atoms with van der Waals surface area (Å²) in [5, 5.41) is 2.62. The zero-order valence-electron chi connectivity index (χ0n) is 16.6. The predicted octanol–water partition coefficient (Wildman–Crippen LogP) is 2.49. The van der Waals surface area contributed by atoms with E-state index < -0.39 is 33.8 Å². The van der Waals surface area contributed by atoms with Crippen molar-refractivity contribution in [2.45, 2.75) is 37.6 Å². The van der Waals surface area contributed by atoms with Crippen LogP contribution < -0.4 is 5.32 Å². The molecule has 30 heavy (non-hydrogen) atoms. The second-order valence-electron chi connectivity index (χ2n) is 6.85. The number of nitrogens with zero attached hydrogens (tertiary/aromatic N) is 1. The predicted molar refractivity (Wildman–Crippen MR) is 109 cm³/mol. The van der Waals surface area contributed by atoms with Crippen molar-refractivity contribution in [3.63, 3.8) is 0 Å². The lowest BCUT2D eigenvalue weighted by molar-refractivity contribution is -0.128. The van der Waals surface area contributed by atoms with Crippen LogP contribution in [0.3, 0.4) is 0 Å². The van der Waals surface area contributed by atoms with Gasteiger partial charge in [0.25, 0.3) is 10.0 Å². The van der Waals surface area contributed by atoms with Crippen molar-refractivity contribution in [1.82, 2.24) is 4.31 Å². The molecule has 9 heteroatoms. The number of esters is 1. The van der Waals surface area contributed by atoms with Crippen molar-refractivity contribution in [2.75, 3.05) is 11.9 Å². The fourth-order valence-electron chi connectivity index (χ4n) is 3.15. The average Bonchev–Trinajstić information content (AvgIpc) is 3.11. The molecule has 1 aliphatic rings. The van der Waals surface area contributed by atoms with Crippen molar-refractivity contribution in [3.8, 4) is 0 Å². The van der Waals surface area contributed by atoms with Crippen LogP contribution in [0, 0.1) is 6.92 Å². The van der Waals surface area contributed by atoms with E-state index in [-0.39, 0.29) is 24.3 Å².